The molecule has 0 saturated carbocycles. The van der Waals surface area contributed by atoms with E-state index in [4.69, 9.17) is 0 Å². The van der Waals surface area contributed by atoms with Gasteiger partial charge in [0, 0.05) is 0 Å². The second-order valence-electron chi connectivity index (χ2n) is 5.57. The van der Waals surface area contributed by atoms with E-state index in [2.05, 4.69) is 43.5 Å². The quantitative estimate of drug-likeness (QED) is 0.302. The molecule has 0 radical (unpaired) electrons. The van der Waals surface area contributed by atoms with Gasteiger partial charge in [-0.15, -0.1) is 0 Å². The smallest absolute Gasteiger partial charge is 0.668 e. The third kappa shape index (κ3) is 28.6. The van der Waals surface area contributed by atoms with Gasteiger partial charge in [0.2, 0.25) is 0 Å². The average molecular weight is 423 g/mol. The molecule has 0 heterocycles. The zero-order valence-corrected chi connectivity index (χ0v) is 20.2. The summed E-state index contributed by atoms with van der Waals surface area (Å²) in [6.45, 7) is 4.51. The van der Waals surface area contributed by atoms with Crippen molar-refractivity contribution in [1.82, 2.24) is 0 Å². The molecular formula is C23H41NZr. The van der Waals surface area contributed by atoms with Gasteiger partial charge < -0.3 is 27.6 Å². The van der Waals surface area contributed by atoms with Crippen LogP contribution in [0.3, 0.4) is 0 Å². The maximum atomic E-state index is 3.50. The maximum absolute atomic E-state index is 3.50. The molecule has 0 fully saturated rings. The first-order chi connectivity index (χ1) is 10.2. The molecule has 2 aliphatic rings. The molecule has 0 spiro atoms. The largest absolute Gasteiger partial charge is 4.00 e. The van der Waals surface area contributed by atoms with Gasteiger partial charge in [-0.05, 0) is 37.5 Å². The summed E-state index contributed by atoms with van der Waals surface area (Å²) in [6.07, 6.45) is 14.4. The van der Waals surface area contributed by atoms with E-state index in [-0.39, 0.29) is 48.5 Å². The molecule has 0 unspecified atom stereocenters. The van der Waals surface area contributed by atoms with Crippen molar-refractivity contribution in [2.24, 2.45) is 11.8 Å². The Morgan fingerprint density at radius 2 is 0.880 bits per heavy atom. The van der Waals surface area contributed by atoms with Gasteiger partial charge in [-0.1, -0.05) is 74.5 Å². The van der Waals surface area contributed by atoms with Crippen LogP contribution >= 0.6 is 0 Å². The van der Waals surface area contributed by atoms with E-state index in [1.165, 1.54) is 25.7 Å². The summed E-state index contributed by atoms with van der Waals surface area (Å²) in [5.74, 6) is 1.73. The number of benzene rings is 1. The maximum Gasteiger partial charge on any atom is 4.00 e. The Bertz CT molecular complexity index is 313. The van der Waals surface area contributed by atoms with Crippen molar-refractivity contribution < 1.29 is 26.2 Å². The number of rotatable bonds is 0. The molecule has 3 rings (SSSR count). The molecule has 0 aliphatic heterocycles. The SMILES string of the molecule is C[C@@H]1C=CCC1.C[C@H]1C=CCC1.C[N-]C.[CH3-].[CH3-].[CH3-].[Zr+4].c1ccccc1. The van der Waals surface area contributed by atoms with Gasteiger partial charge in [0.15, 0.2) is 0 Å². The topological polar surface area (TPSA) is 14.1 Å². The molecule has 0 saturated heterocycles. The van der Waals surface area contributed by atoms with Crippen molar-refractivity contribution in [3.05, 3.63) is 88.3 Å². The zero-order chi connectivity index (χ0) is 15.8. The zero-order valence-electron chi connectivity index (χ0n) is 17.7. The van der Waals surface area contributed by atoms with Gasteiger partial charge in [-0.25, -0.2) is 0 Å². The van der Waals surface area contributed by atoms with Crippen LogP contribution < -0.4 is 0 Å². The molecule has 0 bridgehead atoms. The summed E-state index contributed by atoms with van der Waals surface area (Å²) in [5.41, 5.74) is 0. The van der Waals surface area contributed by atoms with E-state index in [0.29, 0.717) is 0 Å². The summed E-state index contributed by atoms with van der Waals surface area (Å²) in [5, 5.41) is 3.50. The fourth-order valence-corrected chi connectivity index (χ4v) is 1.95. The van der Waals surface area contributed by atoms with Gasteiger partial charge in [-0.2, -0.15) is 14.1 Å². The van der Waals surface area contributed by atoms with E-state index in [1.54, 1.807) is 14.1 Å². The first kappa shape index (κ1) is 35.6. The van der Waals surface area contributed by atoms with Gasteiger partial charge >= 0.3 is 26.2 Å². The van der Waals surface area contributed by atoms with Crippen molar-refractivity contribution in [1.29, 1.82) is 0 Å². The van der Waals surface area contributed by atoms with Crippen LogP contribution in [-0.2, 0) is 26.2 Å². The molecule has 1 aromatic carbocycles. The molecular weight excluding hydrogens is 381 g/mol. The number of hydrogen-bond donors (Lipinski definition) is 0. The second-order valence-corrected chi connectivity index (χ2v) is 5.57. The van der Waals surface area contributed by atoms with Crippen molar-refractivity contribution >= 4 is 0 Å². The van der Waals surface area contributed by atoms with Crippen LogP contribution in [0.2, 0.25) is 0 Å². The first-order valence-corrected chi connectivity index (χ1v) is 8.02. The van der Waals surface area contributed by atoms with Crippen LogP contribution in [0, 0.1) is 34.1 Å². The fraction of sp³-hybridized carbons (Fsp3) is 0.435. The van der Waals surface area contributed by atoms with Crippen molar-refractivity contribution in [2.45, 2.75) is 39.5 Å². The summed E-state index contributed by atoms with van der Waals surface area (Å²) in [6, 6.07) is 12.0. The molecule has 2 aliphatic carbocycles. The Morgan fingerprint density at radius 1 is 0.640 bits per heavy atom. The fourth-order valence-electron chi connectivity index (χ4n) is 1.95. The summed E-state index contributed by atoms with van der Waals surface area (Å²) < 4.78 is 0. The monoisotopic (exact) mass is 421 g/mol. The van der Waals surface area contributed by atoms with E-state index < -0.39 is 0 Å². The Kier molecular flexibility index (Phi) is 40.4. The Balaban J connectivity index is -0.0000000692. The van der Waals surface area contributed by atoms with Gasteiger partial charge in [0.05, 0.1) is 0 Å². The molecule has 1 nitrogen and oxygen atoms in total. The molecule has 1 aromatic rings. The van der Waals surface area contributed by atoms with Crippen molar-refractivity contribution in [3.63, 3.8) is 0 Å². The minimum absolute atomic E-state index is 0. The number of allylic oxidation sites excluding steroid dienone is 4. The predicted molar refractivity (Wildman–Crippen MR) is 116 cm³/mol. The van der Waals surface area contributed by atoms with Crippen LogP contribution in [-0.4, -0.2) is 14.1 Å². The minimum Gasteiger partial charge on any atom is -0.668 e. The molecule has 0 N–H and O–H groups in total. The summed E-state index contributed by atoms with van der Waals surface area (Å²) in [7, 11) is 3.50. The number of nitrogens with zero attached hydrogens (tertiary/aromatic N) is 1. The van der Waals surface area contributed by atoms with Crippen LogP contribution in [0.5, 0.6) is 0 Å². The van der Waals surface area contributed by atoms with Crippen molar-refractivity contribution in [3.8, 4) is 0 Å². The van der Waals surface area contributed by atoms with E-state index in [9.17, 15) is 0 Å². The van der Waals surface area contributed by atoms with E-state index in [1.807, 2.05) is 36.4 Å². The van der Waals surface area contributed by atoms with Crippen LogP contribution in [0.25, 0.3) is 5.32 Å². The third-order valence-corrected chi connectivity index (χ3v) is 3.17. The second kappa shape index (κ2) is 28.4. The molecule has 0 amide bonds. The summed E-state index contributed by atoms with van der Waals surface area (Å²) in [4.78, 5) is 0. The van der Waals surface area contributed by atoms with Gasteiger partial charge in [-0.3, -0.25) is 0 Å². The molecule has 25 heavy (non-hydrogen) atoms. The standard InChI is InChI=1S/2C6H10.C6H6.C2H6N.3CH3.Zr/c2*1-6-4-2-3-5-6;1-2-4-6-5-3-1;1-3-2;;;;/h2*2,4,6H,3,5H2,1H3;1-6H;1-2H3;3*1H3;/q;;;4*-1;+4/t2*6-;;;;;;/m10....../s1. The minimum atomic E-state index is 0. The van der Waals surface area contributed by atoms with Crippen LogP contribution in [0.1, 0.15) is 39.5 Å². The Morgan fingerprint density at radius 3 is 0.960 bits per heavy atom. The molecule has 0 aromatic heterocycles. The van der Waals surface area contributed by atoms with E-state index in [0.717, 1.165) is 11.8 Å². The van der Waals surface area contributed by atoms with Gasteiger partial charge in [0.1, 0.15) is 0 Å². The Hall–Kier alpha value is -0.457. The van der Waals surface area contributed by atoms with Gasteiger partial charge in [0.25, 0.3) is 0 Å². The van der Waals surface area contributed by atoms with Crippen LogP contribution in [0.4, 0.5) is 0 Å². The predicted octanol–water partition coefficient (Wildman–Crippen LogP) is 7.60. The third-order valence-electron chi connectivity index (χ3n) is 3.17. The average Bonchev–Trinajstić information content (AvgIpc) is 3.17. The first-order valence-electron chi connectivity index (χ1n) is 8.02. The molecule has 2 heteroatoms. The van der Waals surface area contributed by atoms with Crippen LogP contribution in [0.15, 0.2) is 60.7 Å². The molecule has 142 valence electrons. The molecule has 2 atom stereocenters. The van der Waals surface area contributed by atoms with E-state index >= 15 is 0 Å². The normalized spacial score (nSPS) is 17.9. The van der Waals surface area contributed by atoms with Crippen molar-refractivity contribution in [2.75, 3.05) is 14.1 Å². The number of hydrogen-bond acceptors (Lipinski definition) is 0. The Labute approximate surface area is 179 Å². The summed E-state index contributed by atoms with van der Waals surface area (Å²) >= 11 is 0.